The van der Waals surface area contributed by atoms with E-state index in [1.54, 1.807) is 19.1 Å². The largest absolute Gasteiger partial charge is 0.504 e. The topological polar surface area (TPSA) is 187 Å². The van der Waals surface area contributed by atoms with Crippen LogP contribution in [0, 0.1) is 0 Å². The highest BCUT2D eigenvalue weighted by molar-refractivity contribution is 5.81. The van der Waals surface area contributed by atoms with Crippen LogP contribution in [0.4, 0.5) is 5.95 Å². The van der Waals surface area contributed by atoms with E-state index in [-0.39, 0.29) is 22.9 Å². The summed E-state index contributed by atoms with van der Waals surface area (Å²) in [5.41, 5.74) is 2.73. The molecular weight excluding hydrogens is 424 g/mol. The minimum atomic E-state index is -1.42. The second-order valence-corrected chi connectivity index (χ2v) is 6.97. The minimum Gasteiger partial charge on any atom is -0.504 e. The average Bonchev–Trinajstić information content (AvgIpc) is 3.28. The van der Waals surface area contributed by atoms with Gasteiger partial charge in [0.05, 0.1) is 25.8 Å². The zero-order valence-corrected chi connectivity index (χ0v) is 16.9. The summed E-state index contributed by atoms with van der Waals surface area (Å²) in [4.78, 5) is 22.9. The SMILES string of the molecule is CCOc1ccc(/C=N\Nc2nc3c(=O)[nH]cnc3n2[C@H]2O[C@@H](CO)[C@@H](O)[C@H]2O)cc1O. The van der Waals surface area contributed by atoms with Crippen LogP contribution in [0.3, 0.4) is 0 Å². The van der Waals surface area contributed by atoms with E-state index in [0.29, 0.717) is 17.9 Å². The van der Waals surface area contributed by atoms with Crippen LogP contribution in [-0.4, -0.2) is 77.7 Å². The number of benzene rings is 1. The van der Waals surface area contributed by atoms with E-state index >= 15 is 0 Å². The van der Waals surface area contributed by atoms with Crippen molar-refractivity contribution in [2.45, 2.75) is 31.5 Å². The first-order valence-electron chi connectivity index (χ1n) is 9.77. The van der Waals surface area contributed by atoms with Gasteiger partial charge in [0.1, 0.15) is 18.3 Å². The Balaban J connectivity index is 1.66. The zero-order valence-electron chi connectivity index (χ0n) is 16.9. The Kier molecular flexibility index (Phi) is 6.05. The number of anilines is 1. The highest BCUT2D eigenvalue weighted by Crippen LogP contribution is 2.33. The van der Waals surface area contributed by atoms with E-state index in [2.05, 4.69) is 25.5 Å². The lowest BCUT2D eigenvalue weighted by Gasteiger charge is -2.18. The Bertz CT molecular complexity index is 1190. The summed E-state index contributed by atoms with van der Waals surface area (Å²) in [6.45, 7) is 1.70. The summed E-state index contributed by atoms with van der Waals surface area (Å²) < 4.78 is 12.1. The van der Waals surface area contributed by atoms with Gasteiger partial charge in [-0.25, -0.2) is 15.4 Å². The van der Waals surface area contributed by atoms with Gasteiger partial charge in [-0.05, 0) is 30.7 Å². The van der Waals surface area contributed by atoms with Crippen LogP contribution in [0.2, 0.25) is 0 Å². The van der Waals surface area contributed by atoms with Gasteiger partial charge in [0, 0.05) is 0 Å². The van der Waals surface area contributed by atoms with Gasteiger partial charge in [-0.3, -0.25) is 9.36 Å². The lowest BCUT2D eigenvalue weighted by molar-refractivity contribution is -0.0501. The molecule has 1 aliphatic rings. The highest BCUT2D eigenvalue weighted by Gasteiger charge is 2.45. The first kappa shape index (κ1) is 21.7. The number of aromatic hydroxyl groups is 1. The van der Waals surface area contributed by atoms with Crippen molar-refractivity contribution in [1.82, 2.24) is 19.5 Å². The predicted octanol–water partition coefficient (Wildman–Crippen LogP) is -0.719. The van der Waals surface area contributed by atoms with E-state index < -0.39 is 36.7 Å². The number of nitrogens with one attached hydrogen (secondary N) is 2. The van der Waals surface area contributed by atoms with Gasteiger partial charge in [-0.1, -0.05) is 0 Å². The molecule has 1 aliphatic heterocycles. The summed E-state index contributed by atoms with van der Waals surface area (Å²) in [5.74, 6) is 0.296. The molecule has 0 bridgehead atoms. The van der Waals surface area contributed by atoms with Crippen molar-refractivity contribution < 1.29 is 29.9 Å². The third kappa shape index (κ3) is 3.89. The number of H-pyrrole nitrogens is 1. The van der Waals surface area contributed by atoms with E-state index in [1.165, 1.54) is 23.2 Å². The van der Waals surface area contributed by atoms with Crippen LogP contribution < -0.4 is 15.7 Å². The Morgan fingerprint density at radius 2 is 2.19 bits per heavy atom. The molecular formula is C19H22N6O7. The van der Waals surface area contributed by atoms with Crippen molar-refractivity contribution in [2.24, 2.45) is 5.10 Å². The summed E-state index contributed by atoms with van der Waals surface area (Å²) >= 11 is 0. The van der Waals surface area contributed by atoms with Crippen molar-refractivity contribution in [3.63, 3.8) is 0 Å². The van der Waals surface area contributed by atoms with Crippen molar-refractivity contribution in [2.75, 3.05) is 18.6 Å². The summed E-state index contributed by atoms with van der Waals surface area (Å²) in [5, 5.41) is 44.0. The number of ether oxygens (including phenoxy) is 2. The Labute approximate surface area is 180 Å². The summed E-state index contributed by atoms with van der Waals surface area (Å²) in [6, 6.07) is 4.73. The molecule has 0 aliphatic carbocycles. The minimum absolute atomic E-state index is 0.00504. The molecule has 32 heavy (non-hydrogen) atoms. The fourth-order valence-corrected chi connectivity index (χ4v) is 3.39. The van der Waals surface area contributed by atoms with Crippen molar-refractivity contribution >= 4 is 23.3 Å². The lowest BCUT2D eigenvalue weighted by atomic mass is 10.1. The molecule has 0 unspecified atom stereocenters. The second kappa shape index (κ2) is 8.92. The number of hydrazone groups is 1. The molecule has 3 aromatic rings. The Morgan fingerprint density at radius 1 is 1.38 bits per heavy atom. The third-order valence-corrected chi connectivity index (χ3v) is 4.92. The smallest absolute Gasteiger partial charge is 0.278 e. The maximum Gasteiger partial charge on any atom is 0.278 e. The van der Waals surface area contributed by atoms with E-state index in [9.17, 15) is 25.2 Å². The highest BCUT2D eigenvalue weighted by atomic mass is 16.6. The molecule has 0 amide bonds. The van der Waals surface area contributed by atoms with Crippen LogP contribution in [-0.2, 0) is 4.74 Å². The maximum absolute atomic E-state index is 12.2. The maximum atomic E-state index is 12.2. The number of fused-ring (bicyclic) bond motifs is 1. The quantitative estimate of drug-likeness (QED) is 0.200. The molecule has 13 heteroatoms. The number of rotatable bonds is 7. The summed E-state index contributed by atoms with van der Waals surface area (Å²) in [7, 11) is 0. The number of hydrogen-bond acceptors (Lipinski definition) is 11. The normalized spacial score (nSPS) is 23.2. The van der Waals surface area contributed by atoms with Crippen molar-refractivity contribution in [3.8, 4) is 11.5 Å². The lowest BCUT2D eigenvalue weighted by Crippen LogP contribution is -2.33. The van der Waals surface area contributed by atoms with Gasteiger partial charge in [0.15, 0.2) is 28.9 Å². The number of nitrogens with zero attached hydrogens (tertiary/aromatic N) is 4. The van der Waals surface area contributed by atoms with Gasteiger partial charge in [0.2, 0.25) is 5.95 Å². The van der Waals surface area contributed by atoms with Gasteiger partial charge in [-0.2, -0.15) is 5.10 Å². The second-order valence-electron chi connectivity index (χ2n) is 6.97. The third-order valence-electron chi connectivity index (χ3n) is 4.92. The molecule has 1 fully saturated rings. The van der Waals surface area contributed by atoms with Crippen LogP contribution in [0.5, 0.6) is 11.5 Å². The average molecular weight is 446 g/mol. The van der Waals surface area contributed by atoms with Gasteiger partial charge < -0.3 is 34.9 Å². The first-order chi connectivity index (χ1) is 15.4. The van der Waals surface area contributed by atoms with Gasteiger partial charge in [0.25, 0.3) is 5.56 Å². The van der Waals surface area contributed by atoms with E-state index in [1.807, 2.05) is 0 Å². The molecule has 170 valence electrons. The number of aromatic nitrogens is 4. The number of aromatic amines is 1. The number of imidazole rings is 1. The van der Waals surface area contributed by atoms with Crippen molar-refractivity contribution in [3.05, 3.63) is 40.4 Å². The molecule has 0 saturated carbocycles. The number of hydrogen-bond donors (Lipinski definition) is 6. The van der Waals surface area contributed by atoms with Crippen LogP contribution in [0.25, 0.3) is 11.2 Å². The molecule has 3 heterocycles. The molecule has 6 N–H and O–H groups in total. The van der Waals surface area contributed by atoms with E-state index in [0.717, 1.165) is 0 Å². The first-order valence-corrected chi connectivity index (χ1v) is 9.77. The standard InChI is InChI=1S/C19H22N6O7/c1-2-31-11-4-3-9(5-10(11)27)6-22-24-19-23-13-16(20-8-21-17(13)30)25(19)18-15(29)14(28)12(7-26)32-18/h3-6,8,12,14-15,18,26-29H,2,7H2,1H3,(H,23,24)(H,20,21,30)/b22-6-/t12-,14+,15+,18-/m0/s1. The Hall–Kier alpha value is -3.52. The summed E-state index contributed by atoms with van der Waals surface area (Å²) in [6.07, 6.45) is -2.43. The predicted molar refractivity (Wildman–Crippen MR) is 112 cm³/mol. The molecule has 13 nitrogen and oxygen atoms in total. The Morgan fingerprint density at radius 3 is 2.88 bits per heavy atom. The molecule has 1 saturated heterocycles. The number of phenols is 1. The molecule has 1 aromatic carbocycles. The fourth-order valence-electron chi connectivity index (χ4n) is 3.39. The van der Waals surface area contributed by atoms with Crippen LogP contribution in [0.15, 0.2) is 34.4 Å². The molecule has 0 spiro atoms. The fraction of sp³-hybridized carbons (Fsp3) is 0.368. The number of aliphatic hydroxyl groups is 3. The molecule has 4 atom stereocenters. The van der Waals surface area contributed by atoms with Crippen LogP contribution >= 0.6 is 0 Å². The molecule has 0 radical (unpaired) electrons. The number of aliphatic hydroxyl groups excluding tert-OH is 3. The monoisotopic (exact) mass is 446 g/mol. The van der Waals surface area contributed by atoms with Crippen molar-refractivity contribution in [1.29, 1.82) is 0 Å². The van der Waals surface area contributed by atoms with E-state index in [4.69, 9.17) is 9.47 Å². The zero-order chi connectivity index (χ0) is 22.8. The van der Waals surface area contributed by atoms with Gasteiger partial charge >= 0.3 is 0 Å². The molecule has 2 aromatic heterocycles. The molecule has 4 rings (SSSR count). The number of phenolic OH excluding ortho intramolecular Hbond substituents is 1. The van der Waals surface area contributed by atoms with Gasteiger partial charge in [-0.15, -0.1) is 0 Å². The van der Waals surface area contributed by atoms with Crippen LogP contribution in [0.1, 0.15) is 18.7 Å².